The third-order valence-electron chi connectivity index (χ3n) is 2.61. The predicted molar refractivity (Wildman–Crippen MR) is 76.0 cm³/mol. The van der Waals surface area contributed by atoms with Crippen molar-refractivity contribution >= 4 is 23.3 Å². The fraction of sp³-hybridized carbons (Fsp3) is 0.143. The summed E-state index contributed by atoms with van der Waals surface area (Å²) in [5, 5.41) is 3.02. The van der Waals surface area contributed by atoms with Gasteiger partial charge in [0.15, 0.2) is 0 Å². The van der Waals surface area contributed by atoms with Gasteiger partial charge in [-0.1, -0.05) is 41.4 Å². The molecule has 0 spiro atoms. The van der Waals surface area contributed by atoms with Crippen molar-refractivity contribution in [1.29, 1.82) is 0 Å². The molecule has 3 N–H and O–H groups in total. The normalized spacial score (nSPS) is 10.2. The Hall–Kier alpha value is -2.07. The summed E-state index contributed by atoms with van der Waals surface area (Å²) >= 11 is 5.76. The monoisotopic (exact) mass is 275 g/mol. The van der Waals surface area contributed by atoms with Crippen molar-refractivity contribution in [3.8, 4) is 0 Å². The highest BCUT2D eigenvalue weighted by atomic mass is 35.5. The van der Waals surface area contributed by atoms with Gasteiger partial charge in [0.1, 0.15) is 11.0 Å². The second-order valence-corrected chi connectivity index (χ2v) is 4.66. The van der Waals surface area contributed by atoms with Gasteiger partial charge in [-0.25, -0.2) is 4.98 Å². The van der Waals surface area contributed by atoms with Gasteiger partial charge in [0.2, 0.25) is 0 Å². The number of nitrogen functional groups attached to an aromatic ring is 1. The lowest BCUT2D eigenvalue weighted by Gasteiger charge is -2.07. The molecule has 1 heterocycles. The summed E-state index contributed by atoms with van der Waals surface area (Å²) in [5.74, 6) is 0.00529. The van der Waals surface area contributed by atoms with Crippen LogP contribution in [-0.4, -0.2) is 10.9 Å². The number of nitrogens with zero attached hydrogens (tertiary/aromatic N) is 1. The SMILES string of the molecule is Cc1cccc(CNC(=O)c2cc(N)nc(Cl)c2)c1. The van der Waals surface area contributed by atoms with Gasteiger partial charge in [-0.05, 0) is 24.6 Å². The first-order chi connectivity index (χ1) is 9.04. The number of amides is 1. The third-order valence-corrected chi connectivity index (χ3v) is 2.81. The molecule has 4 nitrogen and oxygen atoms in total. The smallest absolute Gasteiger partial charge is 0.251 e. The second-order valence-electron chi connectivity index (χ2n) is 4.28. The van der Waals surface area contributed by atoms with E-state index >= 15 is 0 Å². The van der Waals surface area contributed by atoms with Gasteiger partial charge in [-0.15, -0.1) is 0 Å². The summed E-state index contributed by atoms with van der Waals surface area (Å²) < 4.78 is 0. The van der Waals surface area contributed by atoms with E-state index in [4.69, 9.17) is 17.3 Å². The first kappa shape index (κ1) is 13.4. The van der Waals surface area contributed by atoms with Gasteiger partial charge in [0.25, 0.3) is 5.91 Å². The van der Waals surface area contributed by atoms with E-state index in [1.165, 1.54) is 12.1 Å². The molecule has 2 aromatic rings. The highest BCUT2D eigenvalue weighted by molar-refractivity contribution is 6.29. The lowest BCUT2D eigenvalue weighted by molar-refractivity contribution is 0.0951. The number of carbonyl (C=O) groups is 1. The van der Waals surface area contributed by atoms with E-state index in [-0.39, 0.29) is 16.9 Å². The Morgan fingerprint density at radius 2 is 2.16 bits per heavy atom. The number of halogens is 1. The van der Waals surface area contributed by atoms with Crippen LogP contribution in [-0.2, 0) is 6.54 Å². The Bertz CT molecular complexity index is 593. The lowest BCUT2D eigenvalue weighted by Crippen LogP contribution is -2.23. The summed E-state index contributed by atoms with van der Waals surface area (Å²) in [6, 6.07) is 10.9. The Morgan fingerprint density at radius 3 is 2.84 bits per heavy atom. The summed E-state index contributed by atoms with van der Waals surface area (Å²) in [7, 11) is 0. The maximum Gasteiger partial charge on any atom is 0.251 e. The van der Waals surface area contributed by atoms with Gasteiger partial charge in [-0.3, -0.25) is 4.79 Å². The number of hydrogen-bond donors (Lipinski definition) is 2. The average Bonchev–Trinajstić information content (AvgIpc) is 2.35. The van der Waals surface area contributed by atoms with Crippen LogP contribution in [0, 0.1) is 6.92 Å². The van der Waals surface area contributed by atoms with Crippen molar-refractivity contribution < 1.29 is 4.79 Å². The van der Waals surface area contributed by atoms with Gasteiger partial charge >= 0.3 is 0 Å². The van der Waals surface area contributed by atoms with Crippen LogP contribution in [0.1, 0.15) is 21.5 Å². The number of aromatic nitrogens is 1. The van der Waals surface area contributed by atoms with Crippen molar-refractivity contribution in [1.82, 2.24) is 10.3 Å². The molecule has 0 saturated carbocycles. The summed E-state index contributed by atoms with van der Waals surface area (Å²) in [5.41, 5.74) is 8.15. The number of nitrogens with two attached hydrogens (primary N) is 1. The molecule has 0 saturated heterocycles. The summed E-state index contributed by atoms with van der Waals surface area (Å²) in [6.45, 7) is 2.47. The quantitative estimate of drug-likeness (QED) is 0.846. The fourth-order valence-electron chi connectivity index (χ4n) is 1.75. The molecule has 0 fully saturated rings. The van der Waals surface area contributed by atoms with Gasteiger partial charge in [0, 0.05) is 12.1 Å². The maximum absolute atomic E-state index is 12.0. The Balaban J connectivity index is 2.05. The van der Waals surface area contributed by atoms with Crippen LogP contribution in [0.5, 0.6) is 0 Å². The lowest BCUT2D eigenvalue weighted by atomic mass is 10.1. The highest BCUT2D eigenvalue weighted by Crippen LogP contribution is 2.12. The number of aryl methyl sites for hydroxylation is 1. The third kappa shape index (κ3) is 3.69. The van der Waals surface area contributed by atoms with E-state index in [9.17, 15) is 4.79 Å². The molecule has 0 unspecified atom stereocenters. The van der Waals surface area contributed by atoms with Crippen molar-refractivity contribution in [3.63, 3.8) is 0 Å². The zero-order valence-electron chi connectivity index (χ0n) is 10.5. The molecule has 0 radical (unpaired) electrons. The Kier molecular flexibility index (Phi) is 4.02. The van der Waals surface area contributed by atoms with E-state index < -0.39 is 0 Å². The molecule has 19 heavy (non-hydrogen) atoms. The van der Waals surface area contributed by atoms with Crippen LogP contribution in [0.4, 0.5) is 5.82 Å². The first-order valence-electron chi connectivity index (χ1n) is 5.81. The Morgan fingerprint density at radius 1 is 1.37 bits per heavy atom. The summed E-state index contributed by atoms with van der Waals surface area (Å²) in [6.07, 6.45) is 0. The molecule has 1 amide bonds. The largest absolute Gasteiger partial charge is 0.384 e. The molecule has 98 valence electrons. The van der Waals surface area contributed by atoms with E-state index in [0.717, 1.165) is 11.1 Å². The molecule has 1 aromatic carbocycles. The Labute approximate surface area is 116 Å². The molecule has 0 aliphatic heterocycles. The van der Waals surface area contributed by atoms with Gasteiger partial charge in [-0.2, -0.15) is 0 Å². The van der Waals surface area contributed by atoms with Crippen LogP contribution in [0.2, 0.25) is 5.15 Å². The number of carbonyl (C=O) groups excluding carboxylic acids is 1. The molecular formula is C14H14ClN3O. The standard InChI is InChI=1S/C14H14ClN3O/c1-9-3-2-4-10(5-9)8-17-14(19)11-6-12(15)18-13(16)7-11/h2-7H,8H2,1H3,(H2,16,18)(H,17,19). The zero-order chi connectivity index (χ0) is 13.8. The van der Waals surface area contributed by atoms with Crippen LogP contribution in [0.3, 0.4) is 0 Å². The number of hydrogen-bond acceptors (Lipinski definition) is 3. The first-order valence-corrected chi connectivity index (χ1v) is 6.19. The van der Waals surface area contributed by atoms with E-state index in [0.29, 0.717) is 12.1 Å². The van der Waals surface area contributed by atoms with Crippen LogP contribution >= 0.6 is 11.6 Å². The van der Waals surface area contributed by atoms with Crippen LogP contribution in [0.15, 0.2) is 36.4 Å². The van der Waals surface area contributed by atoms with E-state index in [1.807, 2.05) is 31.2 Å². The van der Waals surface area contributed by atoms with E-state index in [1.54, 1.807) is 0 Å². The van der Waals surface area contributed by atoms with Gasteiger partial charge in [0.05, 0.1) is 0 Å². The minimum atomic E-state index is -0.225. The van der Waals surface area contributed by atoms with Crippen molar-refractivity contribution in [3.05, 3.63) is 58.2 Å². The molecule has 0 aliphatic carbocycles. The molecule has 1 aromatic heterocycles. The van der Waals surface area contributed by atoms with Gasteiger partial charge < -0.3 is 11.1 Å². The predicted octanol–water partition coefficient (Wildman–Crippen LogP) is 2.56. The van der Waals surface area contributed by atoms with Crippen LogP contribution in [0.25, 0.3) is 0 Å². The zero-order valence-corrected chi connectivity index (χ0v) is 11.2. The maximum atomic E-state index is 12.0. The fourth-order valence-corrected chi connectivity index (χ4v) is 1.97. The molecular weight excluding hydrogens is 262 g/mol. The number of rotatable bonds is 3. The molecule has 0 bridgehead atoms. The van der Waals surface area contributed by atoms with Crippen molar-refractivity contribution in [2.75, 3.05) is 5.73 Å². The highest BCUT2D eigenvalue weighted by Gasteiger charge is 2.08. The topological polar surface area (TPSA) is 68.0 Å². The van der Waals surface area contributed by atoms with Crippen LogP contribution < -0.4 is 11.1 Å². The average molecular weight is 276 g/mol. The second kappa shape index (κ2) is 5.71. The number of nitrogens with one attached hydrogen (secondary N) is 1. The molecule has 5 heteroatoms. The minimum absolute atomic E-state index is 0.209. The minimum Gasteiger partial charge on any atom is -0.384 e. The molecule has 0 aliphatic rings. The van der Waals surface area contributed by atoms with Crippen molar-refractivity contribution in [2.24, 2.45) is 0 Å². The van der Waals surface area contributed by atoms with Crippen molar-refractivity contribution in [2.45, 2.75) is 13.5 Å². The number of pyridine rings is 1. The number of benzene rings is 1. The number of anilines is 1. The van der Waals surface area contributed by atoms with E-state index in [2.05, 4.69) is 10.3 Å². The molecule has 2 rings (SSSR count). The summed E-state index contributed by atoms with van der Waals surface area (Å²) in [4.78, 5) is 15.8. The molecule has 0 atom stereocenters.